The van der Waals surface area contributed by atoms with Gasteiger partial charge in [-0.15, -0.1) is 0 Å². The van der Waals surface area contributed by atoms with Crippen LogP contribution < -0.4 is 10.1 Å². The lowest BCUT2D eigenvalue weighted by molar-refractivity contribution is -0.140. The lowest BCUT2D eigenvalue weighted by Crippen LogP contribution is -2.43. The van der Waals surface area contributed by atoms with Crippen molar-refractivity contribution in [1.29, 1.82) is 0 Å². The summed E-state index contributed by atoms with van der Waals surface area (Å²) in [5, 5.41) is 12.4. The molecule has 1 aliphatic rings. The fourth-order valence-electron chi connectivity index (χ4n) is 2.94. The summed E-state index contributed by atoms with van der Waals surface area (Å²) >= 11 is 0. The maximum atomic E-state index is 11.3. The number of hydrogen-bond acceptors (Lipinski definition) is 4. The van der Waals surface area contributed by atoms with Crippen LogP contribution >= 0.6 is 0 Å². The summed E-state index contributed by atoms with van der Waals surface area (Å²) in [5.74, 6) is 0.296. The maximum absolute atomic E-state index is 11.3. The molecule has 1 aromatic carbocycles. The molecule has 5 nitrogen and oxygen atoms in total. The minimum Gasteiger partial charge on any atom is -0.497 e. The molecule has 0 saturated carbocycles. The number of nitrogens with zero attached hydrogens (tertiary/aromatic N) is 1. The Balaban J connectivity index is 1.90. The van der Waals surface area contributed by atoms with E-state index in [2.05, 4.69) is 22.3 Å². The van der Waals surface area contributed by atoms with E-state index in [4.69, 9.17) is 4.74 Å². The summed E-state index contributed by atoms with van der Waals surface area (Å²) in [6.45, 7) is 5.27. The van der Waals surface area contributed by atoms with E-state index in [9.17, 15) is 9.90 Å². The van der Waals surface area contributed by atoms with Gasteiger partial charge in [-0.2, -0.15) is 0 Å². The van der Waals surface area contributed by atoms with Crippen LogP contribution in [0.25, 0.3) is 0 Å². The van der Waals surface area contributed by atoms with E-state index in [-0.39, 0.29) is 5.92 Å². The molecule has 1 heterocycles. The number of nitrogens with one attached hydrogen (secondary N) is 1. The second kappa shape index (κ2) is 7.43. The van der Waals surface area contributed by atoms with Crippen LogP contribution in [0.15, 0.2) is 24.3 Å². The number of rotatable bonds is 7. The normalized spacial score (nSPS) is 20.4. The monoisotopic (exact) mass is 292 g/mol. The van der Waals surface area contributed by atoms with Gasteiger partial charge < -0.3 is 15.2 Å². The molecule has 5 heteroatoms. The van der Waals surface area contributed by atoms with E-state index in [1.54, 1.807) is 7.11 Å². The fraction of sp³-hybridized carbons (Fsp3) is 0.562. The third-order valence-electron chi connectivity index (χ3n) is 4.04. The first kappa shape index (κ1) is 15.8. The molecule has 1 saturated heterocycles. The molecule has 0 amide bonds. The summed E-state index contributed by atoms with van der Waals surface area (Å²) in [6.07, 6.45) is 0.931. The van der Waals surface area contributed by atoms with Crippen LogP contribution in [-0.2, 0) is 11.3 Å². The van der Waals surface area contributed by atoms with E-state index < -0.39 is 12.0 Å². The molecule has 0 aliphatic carbocycles. The highest BCUT2D eigenvalue weighted by atomic mass is 16.5. The number of carboxylic acids is 1. The molecule has 0 bridgehead atoms. The lowest BCUT2D eigenvalue weighted by Gasteiger charge is -2.21. The number of aliphatic carboxylic acids is 1. The summed E-state index contributed by atoms with van der Waals surface area (Å²) in [7, 11) is 1.66. The quantitative estimate of drug-likeness (QED) is 0.799. The van der Waals surface area contributed by atoms with Crippen LogP contribution in [0.1, 0.15) is 18.9 Å². The van der Waals surface area contributed by atoms with Crippen LogP contribution in [0.4, 0.5) is 0 Å². The Morgan fingerprint density at radius 1 is 1.48 bits per heavy atom. The predicted octanol–water partition coefficient (Wildman–Crippen LogP) is 1.58. The van der Waals surface area contributed by atoms with E-state index >= 15 is 0 Å². The summed E-state index contributed by atoms with van der Waals surface area (Å²) in [4.78, 5) is 13.6. The standard InChI is InChI=1S/C16H24N2O3/c1-3-17-15(16(19)20)13-8-9-18(11-13)10-12-4-6-14(21-2)7-5-12/h4-7,13,15,17H,3,8-11H2,1-2H3,(H,19,20). The van der Waals surface area contributed by atoms with Crippen LogP contribution in [0.5, 0.6) is 5.75 Å². The largest absolute Gasteiger partial charge is 0.497 e. The minimum atomic E-state index is -0.742. The average molecular weight is 292 g/mol. The van der Waals surface area contributed by atoms with Gasteiger partial charge in [0, 0.05) is 13.1 Å². The highest BCUT2D eigenvalue weighted by Crippen LogP contribution is 2.22. The molecule has 0 radical (unpaired) electrons. The molecule has 0 aromatic heterocycles. The smallest absolute Gasteiger partial charge is 0.321 e. The Kier molecular flexibility index (Phi) is 5.59. The third kappa shape index (κ3) is 4.19. The van der Waals surface area contributed by atoms with Gasteiger partial charge in [-0.1, -0.05) is 19.1 Å². The van der Waals surface area contributed by atoms with Crippen molar-refractivity contribution in [1.82, 2.24) is 10.2 Å². The van der Waals surface area contributed by atoms with Gasteiger partial charge in [-0.05, 0) is 43.1 Å². The molecule has 1 aliphatic heterocycles. The number of methoxy groups -OCH3 is 1. The molecular weight excluding hydrogens is 268 g/mol. The molecule has 2 unspecified atom stereocenters. The zero-order valence-electron chi connectivity index (χ0n) is 12.7. The second-order valence-electron chi connectivity index (χ2n) is 5.51. The van der Waals surface area contributed by atoms with Crippen molar-refractivity contribution in [3.8, 4) is 5.75 Å². The average Bonchev–Trinajstić information content (AvgIpc) is 2.93. The molecule has 0 spiro atoms. The molecule has 1 fully saturated rings. The van der Waals surface area contributed by atoms with Gasteiger partial charge in [0.05, 0.1) is 7.11 Å². The number of ether oxygens (including phenoxy) is 1. The zero-order chi connectivity index (χ0) is 15.2. The molecule has 1 aromatic rings. The zero-order valence-corrected chi connectivity index (χ0v) is 12.7. The van der Waals surface area contributed by atoms with E-state index in [0.717, 1.165) is 31.8 Å². The molecule has 116 valence electrons. The predicted molar refractivity (Wildman–Crippen MR) is 81.5 cm³/mol. The van der Waals surface area contributed by atoms with Gasteiger partial charge in [0.25, 0.3) is 0 Å². The van der Waals surface area contributed by atoms with Gasteiger partial charge >= 0.3 is 5.97 Å². The second-order valence-corrected chi connectivity index (χ2v) is 5.51. The number of benzene rings is 1. The van der Waals surface area contributed by atoms with Gasteiger partial charge in [-0.25, -0.2) is 0 Å². The van der Waals surface area contributed by atoms with E-state index in [1.165, 1.54) is 5.56 Å². The number of carbonyl (C=O) groups is 1. The van der Waals surface area contributed by atoms with Crippen molar-refractivity contribution in [3.63, 3.8) is 0 Å². The summed E-state index contributed by atoms with van der Waals surface area (Å²) in [6, 6.07) is 7.61. The number of carboxylic acid groups (broad SMARTS) is 1. The van der Waals surface area contributed by atoms with Crippen molar-refractivity contribution in [3.05, 3.63) is 29.8 Å². The van der Waals surface area contributed by atoms with Crippen LogP contribution in [0, 0.1) is 5.92 Å². The Hall–Kier alpha value is -1.59. The number of hydrogen-bond donors (Lipinski definition) is 2. The molecule has 21 heavy (non-hydrogen) atoms. The third-order valence-corrected chi connectivity index (χ3v) is 4.04. The SMILES string of the molecule is CCNC(C(=O)O)C1CCN(Cc2ccc(OC)cc2)C1. The lowest BCUT2D eigenvalue weighted by atomic mass is 9.99. The van der Waals surface area contributed by atoms with Crippen LogP contribution in [-0.4, -0.2) is 48.8 Å². The first-order valence-corrected chi connectivity index (χ1v) is 7.45. The topological polar surface area (TPSA) is 61.8 Å². The van der Waals surface area contributed by atoms with E-state index in [0.29, 0.717) is 6.54 Å². The maximum Gasteiger partial charge on any atom is 0.321 e. The minimum absolute atomic E-state index is 0.181. The van der Waals surface area contributed by atoms with Gasteiger partial charge in [-0.3, -0.25) is 9.69 Å². The summed E-state index contributed by atoms with van der Waals surface area (Å²) < 4.78 is 5.15. The molecule has 2 atom stereocenters. The van der Waals surface area contributed by atoms with Crippen molar-refractivity contribution in [2.45, 2.75) is 25.9 Å². The Morgan fingerprint density at radius 3 is 2.76 bits per heavy atom. The first-order chi connectivity index (χ1) is 10.1. The fourth-order valence-corrected chi connectivity index (χ4v) is 2.94. The van der Waals surface area contributed by atoms with Crippen molar-refractivity contribution in [2.24, 2.45) is 5.92 Å². The van der Waals surface area contributed by atoms with Gasteiger partial charge in [0.1, 0.15) is 11.8 Å². The summed E-state index contributed by atoms with van der Waals surface area (Å²) in [5.41, 5.74) is 1.23. The number of likely N-dealkylation sites (tertiary alicyclic amines) is 1. The Morgan fingerprint density at radius 2 is 2.19 bits per heavy atom. The van der Waals surface area contributed by atoms with Gasteiger partial charge in [0.15, 0.2) is 0 Å². The van der Waals surface area contributed by atoms with Crippen LogP contribution in [0.3, 0.4) is 0 Å². The van der Waals surface area contributed by atoms with Crippen molar-refractivity contribution in [2.75, 3.05) is 26.7 Å². The highest BCUT2D eigenvalue weighted by molar-refractivity contribution is 5.74. The number of likely N-dealkylation sites (N-methyl/N-ethyl adjacent to an activating group) is 1. The Bertz CT molecular complexity index is 461. The van der Waals surface area contributed by atoms with Crippen molar-refractivity contribution >= 4 is 5.97 Å². The molecule has 2 N–H and O–H groups in total. The van der Waals surface area contributed by atoms with Gasteiger partial charge in [0.2, 0.25) is 0 Å². The molecule has 2 rings (SSSR count). The first-order valence-electron chi connectivity index (χ1n) is 7.45. The highest BCUT2D eigenvalue weighted by Gasteiger charge is 2.33. The molecular formula is C16H24N2O3. The van der Waals surface area contributed by atoms with Crippen LogP contribution in [0.2, 0.25) is 0 Å². The van der Waals surface area contributed by atoms with E-state index in [1.807, 2.05) is 19.1 Å². The Labute approximate surface area is 125 Å². The van der Waals surface area contributed by atoms with Crippen molar-refractivity contribution < 1.29 is 14.6 Å².